The van der Waals surface area contributed by atoms with E-state index in [1.807, 2.05) is 18.2 Å². The predicted octanol–water partition coefficient (Wildman–Crippen LogP) is 3.64. The predicted molar refractivity (Wildman–Crippen MR) is 63.4 cm³/mol. The summed E-state index contributed by atoms with van der Waals surface area (Å²) in [6.45, 7) is 5.10. The molecule has 0 aromatic carbocycles. The van der Waals surface area contributed by atoms with E-state index in [1.165, 1.54) is 12.8 Å². The molecule has 0 aliphatic rings. The van der Waals surface area contributed by atoms with E-state index in [0.717, 1.165) is 12.3 Å². The van der Waals surface area contributed by atoms with Gasteiger partial charge in [-0.2, -0.15) is 0 Å². The standard InChI is InChI=1S/C12H18ClNO/c1-3-5-10(2)9-15-12-7-4-6-11(8-13)14-12/h4,6-7,10H,3,5,8-9H2,1-2H3. The van der Waals surface area contributed by atoms with Crippen LogP contribution in [0.25, 0.3) is 0 Å². The summed E-state index contributed by atoms with van der Waals surface area (Å²) in [7, 11) is 0. The summed E-state index contributed by atoms with van der Waals surface area (Å²) < 4.78 is 5.59. The zero-order valence-corrected chi connectivity index (χ0v) is 10.1. The van der Waals surface area contributed by atoms with Gasteiger partial charge in [-0.25, -0.2) is 4.98 Å². The van der Waals surface area contributed by atoms with Gasteiger partial charge in [-0.1, -0.05) is 26.3 Å². The average molecular weight is 228 g/mol. The highest BCUT2D eigenvalue weighted by Crippen LogP contribution is 2.12. The Kier molecular flexibility index (Phi) is 5.48. The van der Waals surface area contributed by atoms with Gasteiger partial charge in [-0.15, -0.1) is 11.6 Å². The van der Waals surface area contributed by atoms with Gasteiger partial charge in [-0.3, -0.25) is 0 Å². The van der Waals surface area contributed by atoms with Crippen molar-refractivity contribution in [2.24, 2.45) is 5.92 Å². The first-order valence-corrected chi connectivity index (χ1v) is 5.94. The van der Waals surface area contributed by atoms with Crippen LogP contribution in [0.5, 0.6) is 5.88 Å². The number of nitrogens with zero attached hydrogens (tertiary/aromatic N) is 1. The molecule has 1 atom stereocenters. The lowest BCUT2D eigenvalue weighted by atomic mass is 10.1. The van der Waals surface area contributed by atoms with Gasteiger partial charge in [0.15, 0.2) is 0 Å². The quantitative estimate of drug-likeness (QED) is 0.693. The normalized spacial score (nSPS) is 12.5. The number of pyridine rings is 1. The van der Waals surface area contributed by atoms with E-state index in [1.54, 1.807) is 0 Å². The molecule has 84 valence electrons. The molecule has 0 spiro atoms. The summed E-state index contributed by atoms with van der Waals surface area (Å²) in [5.74, 6) is 1.69. The van der Waals surface area contributed by atoms with Crippen molar-refractivity contribution >= 4 is 11.6 Å². The molecule has 2 nitrogen and oxygen atoms in total. The van der Waals surface area contributed by atoms with Crippen molar-refractivity contribution in [3.05, 3.63) is 23.9 Å². The SMILES string of the molecule is CCCC(C)COc1cccc(CCl)n1. The van der Waals surface area contributed by atoms with Crippen LogP contribution in [0.1, 0.15) is 32.4 Å². The zero-order chi connectivity index (χ0) is 11.1. The number of rotatable bonds is 6. The Labute approximate surface area is 96.6 Å². The van der Waals surface area contributed by atoms with E-state index in [-0.39, 0.29) is 0 Å². The largest absolute Gasteiger partial charge is 0.477 e. The van der Waals surface area contributed by atoms with Crippen molar-refractivity contribution in [1.82, 2.24) is 4.98 Å². The van der Waals surface area contributed by atoms with Crippen molar-refractivity contribution in [3.8, 4) is 5.88 Å². The van der Waals surface area contributed by atoms with E-state index < -0.39 is 0 Å². The summed E-state index contributed by atoms with van der Waals surface area (Å²) in [5, 5.41) is 0. The molecular weight excluding hydrogens is 210 g/mol. The van der Waals surface area contributed by atoms with Crippen molar-refractivity contribution < 1.29 is 4.74 Å². The molecule has 0 aliphatic heterocycles. The van der Waals surface area contributed by atoms with Gasteiger partial charge in [0.1, 0.15) is 0 Å². The van der Waals surface area contributed by atoms with Crippen LogP contribution >= 0.6 is 11.6 Å². The van der Waals surface area contributed by atoms with E-state index in [0.29, 0.717) is 17.7 Å². The van der Waals surface area contributed by atoms with Crippen LogP contribution in [-0.4, -0.2) is 11.6 Å². The third-order valence-corrected chi connectivity index (χ3v) is 2.49. The molecule has 0 radical (unpaired) electrons. The summed E-state index contributed by atoms with van der Waals surface area (Å²) >= 11 is 5.69. The lowest BCUT2D eigenvalue weighted by Gasteiger charge is -2.11. The highest BCUT2D eigenvalue weighted by Gasteiger charge is 2.03. The Balaban J connectivity index is 2.43. The number of hydrogen-bond acceptors (Lipinski definition) is 2. The Bertz CT molecular complexity index is 291. The van der Waals surface area contributed by atoms with Crippen molar-refractivity contribution in [3.63, 3.8) is 0 Å². The van der Waals surface area contributed by atoms with Crippen LogP contribution in [0.3, 0.4) is 0 Å². The van der Waals surface area contributed by atoms with Crippen molar-refractivity contribution in [2.75, 3.05) is 6.61 Å². The fourth-order valence-electron chi connectivity index (χ4n) is 1.42. The Hall–Kier alpha value is -0.760. The molecule has 0 amide bonds. The highest BCUT2D eigenvalue weighted by molar-refractivity contribution is 6.16. The maximum Gasteiger partial charge on any atom is 0.213 e. The molecule has 0 N–H and O–H groups in total. The fourth-order valence-corrected chi connectivity index (χ4v) is 1.57. The summed E-state index contributed by atoms with van der Waals surface area (Å²) in [5.41, 5.74) is 0.859. The number of ether oxygens (including phenoxy) is 1. The van der Waals surface area contributed by atoms with Gasteiger partial charge in [0.05, 0.1) is 18.2 Å². The molecule has 1 unspecified atom stereocenters. The van der Waals surface area contributed by atoms with E-state index in [9.17, 15) is 0 Å². The van der Waals surface area contributed by atoms with Gasteiger partial charge < -0.3 is 4.74 Å². The zero-order valence-electron chi connectivity index (χ0n) is 9.37. The van der Waals surface area contributed by atoms with Gasteiger partial charge in [0, 0.05) is 6.07 Å². The second-order valence-corrected chi connectivity index (χ2v) is 4.07. The van der Waals surface area contributed by atoms with Crippen LogP contribution in [0.4, 0.5) is 0 Å². The lowest BCUT2D eigenvalue weighted by Crippen LogP contribution is -2.09. The molecular formula is C12H18ClNO. The highest BCUT2D eigenvalue weighted by atomic mass is 35.5. The number of halogens is 1. The summed E-state index contributed by atoms with van der Waals surface area (Å²) in [6.07, 6.45) is 2.38. The molecule has 1 aromatic rings. The molecule has 15 heavy (non-hydrogen) atoms. The molecule has 3 heteroatoms. The minimum atomic E-state index is 0.432. The molecule has 0 saturated heterocycles. The molecule has 0 fully saturated rings. The van der Waals surface area contributed by atoms with Gasteiger partial charge in [0.25, 0.3) is 0 Å². The van der Waals surface area contributed by atoms with Gasteiger partial charge in [-0.05, 0) is 18.4 Å². The molecule has 1 heterocycles. The second kappa shape index (κ2) is 6.67. The average Bonchev–Trinajstić information content (AvgIpc) is 2.27. The Morgan fingerprint density at radius 2 is 2.27 bits per heavy atom. The maximum absolute atomic E-state index is 5.69. The number of hydrogen-bond donors (Lipinski definition) is 0. The van der Waals surface area contributed by atoms with Crippen LogP contribution < -0.4 is 4.74 Å². The summed E-state index contributed by atoms with van der Waals surface area (Å²) in [4.78, 5) is 4.27. The number of alkyl halides is 1. The van der Waals surface area contributed by atoms with E-state index in [2.05, 4.69) is 18.8 Å². The van der Waals surface area contributed by atoms with Crippen molar-refractivity contribution in [2.45, 2.75) is 32.6 Å². The minimum absolute atomic E-state index is 0.432. The lowest BCUT2D eigenvalue weighted by molar-refractivity contribution is 0.242. The third kappa shape index (κ3) is 4.52. The Morgan fingerprint density at radius 1 is 1.47 bits per heavy atom. The molecule has 0 aliphatic carbocycles. The first kappa shape index (κ1) is 12.3. The topological polar surface area (TPSA) is 22.1 Å². The molecule has 0 bridgehead atoms. The first-order valence-electron chi connectivity index (χ1n) is 5.41. The van der Waals surface area contributed by atoms with Crippen LogP contribution in [0, 0.1) is 5.92 Å². The van der Waals surface area contributed by atoms with Crippen LogP contribution in [-0.2, 0) is 5.88 Å². The molecule has 1 rings (SSSR count). The van der Waals surface area contributed by atoms with Crippen LogP contribution in [0.2, 0.25) is 0 Å². The summed E-state index contributed by atoms with van der Waals surface area (Å²) in [6, 6.07) is 5.69. The third-order valence-electron chi connectivity index (χ3n) is 2.22. The first-order chi connectivity index (χ1) is 7.26. The number of aromatic nitrogens is 1. The van der Waals surface area contributed by atoms with Crippen LogP contribution in [0.15, 0.2) is 18.2 Å². The van der Waals surface area contributed by atoms with Gasteiger partial charge in [0.2, 0.25) is 5.88 Å². The second-order valence-electron chi connectivity index (χ2n) is 3.81. The molecule has 1 aromatic heterocycles. The molecule has 0 saturated carbocycles. The van der Waals surface area contributed by atoms with Gasteiger partial charge >= 0.3 is 0 Å². The van der Waals surface area contributed by atoms with E-state index in [4.69, 9.17) is 16.3 Å². The monoisotopic (exact) mass is 227 g/mol. The minimum Gasteiger partial charge on any atom is -0.477 e. The van der Waals surface area contributed by atoms with Crippen molar-refractivity contribution in [1.29, 1.82) is 0 Å². The van der Waals surface area contributed by atoms with E-state index >= 15 is 0 Å². The smallest absolute Gasteiger partial charge is 0.213 e. The maximum atomic E-state index is 5.69. The Morgan fingerprint density at radius 3 is 2.93 bits per heavy atom. The fraction of sp³-hybridized carbons (Fsp3) is 0.583.